The molecule has 5 N–H and O–H groups in total. The fraction of sp³-hybridized carbons (Fsp3) is 0.154. The van der Waals surface area contributed by atoms with Crippen LogP contribution >= 0.6 is 11.6 Å². The van der Waals surface area contributed by atoms with Crippen LogP contribution in [0.2, 0.25) is 5.15 Å². The zero-order valence-electron chi connectivity index (χ0n) is 10.9. The summed E-state index contributed by atoms with van der Waals surface area (Å²) in [5, 5.41) is 4.79. The number of primary amides is 1. The lowest BCUT2D eigenvalue weighted by atomic mass is 9.99. The number of carbonyl (C=O) groups excluding carboxylic acids is 2. The Morgan fingerprint density at radius 2 is 2.19 bits per heavy atom. The number of hydrogen-bond acceptors (Lipinski definition) is 4. The Morgan fingerprint density at radius 1 is 1.43 bits per heavy atom. The van der Waals surface area contributed by atoms with Crippen molar-refractivity contribution in [3.63, 3.8) is 0 Å². The van der Waals surface area contributed by atoms with E-state index in [0.717, 1.165) is 0 Å². The second kappa shape index (κ2) is 4.87. The number of nitrogens with two attached hydrogens (primary N) is 2. The third-order valence-corrected chi connectivity index (χ3v) is 3.82. The first-order chi connectivity index (χ1) is 10.1. The molecular weight excluding hydrogens is 294 g/mol. The molecule has 1 aromatic heterocycles. The number of benzene rings is 1. The van der Waals surface area contributed by atoms with Gasteiger partial charge in [-0.05, 0) is 12.1 Å². The van der Waals surface area contributed by atoms with Gasteiger partial charge in [-0.2, -0.15) is 5.10 Å². The molecule has 2 aromatic rings. The molecule has 1 aromatic carbocycles. The molecule has 1 aliphatic rings. The van der Waals surface area contributed by atoms with E-state index in [1.807, 2.05) is 0 Å². The predicted octanol–water partition coefficient (Wildman–Crippen LogP) is 0.430. The smallest absolute Gasteiger partial charge is 0.272 e. The number of hydrogen-bond donors (Lipinski definition) is 3. The van der Waals surface area contributed by atoms with Crippen molar-refractivity contribution in [2.24, 2.45) is 16.6 Å². The summed E-state index contributed by atoms with van der Waals surface area (Å²) in [7, 11) is 0. The maximum Gasteiger partial charge on any atom is 0.272 e. The van der Waals surface area contributed by atoms with E-state index >= 15 is 0 Å². The fourth-order valence-corrected chi connectivity index (χ4v) is 2.88. The monoisotopic (exact) mass is 305 g/mol. The summed E-state index contributed by atoms with van der Waals surface area (Å²) < 4.78 is 1.78. The van der Waals surface area contributed by atoms with Gasteiger partial charge in [-0.1, -0.05) is 11.6 Å². The molecular formula is C13H12ClN5O2. The Hall–Kier alpha value is -2.38. The minimum atomic E-state index is -0.683. The van der Waals surface area contributed by atoms with E-state index in [0.29, 0.717) is 34.7 Å². The molecule has 7 nitrogen and oxygen atoms in total. The summed E-state index contributed by atoms with van der Waals surface area (Å²) in [5.41, 5.74) is 14.9. The first-order valence-electron chi connectivity index (χ1n) is 6.24. The van der Waals surface area contributed by atoms with E-state index < -0.39 is 11.8 Å². The molecule has 0 radical (unpaired) electrons. The van der Waals surface area contributed by atoms with Crippen LogP contribution < -0.4 is 16.9 Å². The van der Waals surface area contributed by atoms with Gasteiger partial charge in [-0.15, -0.1) is 0 Å². The first kappa shape index (κ1) is 13.6. The molecule has 2 heterocycles. The van der Waals surface area contributed by atoms with Gasteiger partial charge in [0.1, 0.15) is 5.15 Å². The summed E-state index contributed by atoms with van der Waals surface area (Å²) >= 11 is 6.35. The molecule has 2 amide bonds. The molecule has 0 spiro atoms. The van der Waals surface area contributed by atoms with E-state index in [-0.39, 0.29) is 11.1 Å². The van der Waals surface area contributed by atoms with E-state index in [4.69, 9.17) is 23.1 Å². The number of rotatable bonds is 3. The van der Waals surface area contributed by atoms with Crippen molar-refractivity contribution in [1.29, 1.82) is 0 Å². The third kappa shape index (κ3) is 1.90. The van der Waals surface area contributed by atoms with Gasteiger partial charge in [0, 0.05) is 24.0 Å². The number of nitrogens with one attached hydrogen (secondary N) is 1. The van der Waals surface area contributed by atoms with Crippen molar-refractivity contribution in [2.75, 3.05) is 6.54 Å². The minimum Gasteiger partial charge on any atom is -0.366 e. The Labute approximate surface area is 124 Å². The Morgan fingerprint density at radius 3 is 2.86 bits per heavy atom. The normalized spacial score (nSPS) is 13.3. The van der Waals surface area contributed by atoms with Crippen LogP contribution in [-0.2, 0) is 6.54 Å². The minimum absolute atomic E-state index is 0.133. The van der Waals surface area contributed by atoms with Crippen LogP contribution in [0.3, 0.4) is 0 Å². The van der Waals surface area contributed by atoms with Gasteiger partial charge in [0.2, 0.25) is 5.91 Å². The largest absolute Gasteiger partial charge is 0.366 e. The summed E-state index contributed by atoms with van der Waals surface area (Å²) in [6.07, 6.45) is 1.46. The summed E-state index contributed by atoms with van der Waals surface area (Å²) in [6, 6.07) is 3.22. The molecule has 1 aliphatic heterocycles. The van der Waals surface area contributed by atoms with E-state index in [2.05, 4.69) is 10.5 Å². The van der Waals surface area contributed by atoms with Crippen molar-refractivity contribution in [3.05, 3.63) is 34.0 Å². The third-order valence-electron chi connectivity index (χ3n) is 3.41. The lowest BCUT2D eigenvalue weighted by molar-refractivity contribution is 0.0939. The zero-order valence-corrected chi connectivity index (χ0v) is 11.6. The zero-order chi connectivity index (χ0) is 15.1. The van der Waals surface area contributed by atoms with Gasteiger partial charge in [-0.25, -0.2) is 5.43 Å². The van der Waals surface area contributed by atoms with Gasteiger partial charge in [0.05, 0.1) is 22.9 Å². The maximum absolute atomic E-state index is 12.2. The lowest BCUT2D eigenvalue weighted by Crippen LogP contribution is -2.23. The topological polar surface area (TPSA) is 115 Å². The van der Waals surface area contributed by atoms with Gasteiger partial charge < -0.3 is 16.0 Å². The number of hydrazone groups is 1. The molecule has 0 saturated carbocycles. The second-order valence-corrected chi connectivity index (χ2v) is 4.95. The van der Waals surface area contributed by atoms with Crippen molar-refractivity contribution < 1.29 is 9.59 Å². The number of nitrogens with zero attached hydrogens (tertiary/aromatic N) is 2. The molecule has 0 aliphatic carbocycles. The van der Waals surface area contributed by atoms with E-state index in [1.165, 1.54) is 12.3 Å². The van der Waals surface area contributed by atoms with Crippen molar-refractivity contribution >= 4 is 40.5 Å². The van der Waals surface area contributed by atoms with Crippen molar-refractivity contribution in [1.82, 2.24) is 9.99 Å². The van der Waals surface area contributed by atoms with E-state index in [1.54, 1.807) is 10.6 Å². The van der Waals surface area contributed by atoms with Crippen LogP contribution in [0.4, 0.5) is 0 Å². The first-order valence-corrected chi connectivity index (χ1v) is 6.62. The quantitative estimate of drug-likeness (QED) is 0.763. The molecule has 0 fully saturated rings. The number of aromatic nitrogens is 1. The molecule has 21 heavy (non-hydrogen) atoms. The van der Waals surface area contributed by atoms with Crippen LogP contribution in [0.25, 0.3) is 10.9 Å². The lowest BCUT2D eigenvalue weighted by Gasteiger charge is -2.08. The molecule has 0 unspecified atom stereocenters. The molecule has 0 atom stereocenters. The summed E-state index contributed by atoms with van der Waals surface area (Å²) in [6.45, 7) is 0.874. The maximum atomic E-state index is 12.2. The number of halogens is 1. The summed E-state index contributed by atoms with van der Waals surface area (Å²) in [4.78, 5) is 23.8. The number of amides is 2. The average molecular weight is 306 g/mol. The second-order valence-electron chi connectivity index (χ2n) is 4.59. The Kier molecular flexibility index (Phi) is 3.15. The van der Waals surface area contributed by atoms with Crippen LogP contribution in [0.1, 0.15) is 26.3 Å². The Balaban J connectivity index is 2.48. The molecule has 0 saturated heterocycles. The fourth-order valence-electron chi connectivity index (χ4n) is 2.56. The van der Waals surface area contributed by atoms with Crippen molar-refractivity contribution in [3.8, 4) is 0 Å². The predicted molar refractivity (Wildman–Crippen MR) is 79.6 cm³/mol. The molecule has 0 bridgehead atoms. The van der Waals surface area contributed by atoms with Crippen LogP contribution in [-0.4, -0.2) is 29.1 Å². The van der Waals surface area contributed by atoms with E-state index in [9.17, 15) is 9.59 Å². The standard InChI is InChI=1S/C13H12ClN5O2/c14-11-7-5-17-18-13(21)10-6(12(16)20)1-2-8(9(7)10)19(11)4-3-15/h1-2,5H,3-4,15H2,(H2,16,20)(H,18,21). The van der Waals surface area contributed by atoms with Gasteiger partial charge >= 0.3 is 0 Å². The average Bonchev–Trinajstić information content (AvgIpc) is 2.61. The Bertz CT molecular complexity index is 809. The highest BCUT2D eigenvalue weighted by Gasteiger charge is 2.26. The highest BCUT2D eigenvalue weighted by Crippen LogP contribution is 2.34. The van der Waals surface area contributed by atoms with Crippen LogP contribution in [0.15, 0.2) is 17.2 Å². The molecule has 8 heteroatoms. The summed E-state index contributed by atoms with van der Waals surface area (Å²) in [5.74, 6) is -1.18. The van der Waals surface area contributed by atoms with Crippen molar-refractivity contribution in [2.45, 2.75) is 6.54 Å². The van der Waals surface area contributed by atoms with Gasteiger partial charge in [0.15, 0.2) is 0 Å². The highest BCUT2D eigenvalue weighted by molar-refractivity contribution is 6.36. The van der Waals surface area contributed by atoms with Gasteiger partial charge in [-0.3, -0.25) is 9.59 Å². The molecule has 108 valence electrons. The SMILES string of the molecule is NCCn1c(Cl)c2c3c(c(C(N)=O)ccc31)C(=O)NN=C2. The van der Waals surface area contributed by atoms with Crippen LogP contribution in [0, 0.1) is 0 Å². The number of carbonyl (C=O) groups is 2. The van der Waals surface area contributed by atoms with Crippen LogP contribution in [0.5, 0.6) is 0 Å². The molecule has 3 rings (SSSR count). The van der Waals surface area contributed by atoms with Gasteiger partial charge in [0.25, 0.3) is 5.91 Å². The highest BCUT2D eigenvalue weighted by atomic mass is 35.5.